The van der Waals surface area contributed by atoms with E-state index in [-0.39, 0.29) is 5.91 Å². The van der Waals surface area contributed by atoms with Crippen molar-refractivity contribution < 1.29 is 19.4 Å². The number of rotatable bonds is 7. The number of piperazine rings is 1. The number of aliphatic carboxylic acids is 1. The second kappa shape index (κ2) is 8.89. The molecular formula is C22H26N2O4. The monoisotopic (exact) mass is 382 g/mol. The van der Waals surface area contributed by atoms with Crippen LogP contribution in [0.15, 0.2) is 48.5 Å². The van der Waals surface area contributed by atoms with Crippen LogP contribution in [0, 0.1) is 6.92 Å². The molecule has 1 fully saturated rings. The largest absolute Gasteiger partial charge is 0.479 e. The molecule has 2 aromatic carbocycles. The highest BCUT2D eigenvalue weighted by Gasteiger charge is 2.24. The fraction of sp³-hybridized carbons (Fsp3) is 0.364. The van der Waals surface area contributed by atoms with Crippen molar-refractivity contribution in [2.45, 2.75) is 33.0 Å². The molecule has 0 aromatic heterocycles. The number of nitrogens with zero attached hydrogens (tertiary/aromatic N) is 2. The Morgan fingerprint density at radius 1 is 1.04 bits per heavy atom. The number of hydrogen-bond acceptors (Lipinski definition) is 4. The van der Waals surface area contributed by atoms with Gasteiger partial charge in [0, 0.05) is 26.2 Å². The summed E-state index contributed by atoms with van der Waals surface area (Å²) in [5.74, 6) is -0.328. The summed E-state index contributed by atoms with van der Waals surface area (Å²) < 4.78 is 5.34. The molecule has 1 saturated heterocycles. The van der Waals surface area contributed by atoms with Crippen molar-refractivity contribution in [1.29, 1.82) is 0 Å². The molecule has 6 nitrogen and oxygen atoms in total. The smallest absolute Gasteiger partial charge is 0.344 e. The van der Waals surface area contributed by atoms with Crippen molar-refractivity contribution in [2.75, 3.05) is 19.6 Å². The van der Waals surface area contributed by atoms with E-state index in [4.69, 9.17) is 9.84 Å². The molecule has 0 radical (unpaired) electrons. The molecule has 0 bridgehead atoms. The number of ether oxygens (including phenoxy) is 1. The fourth-order valence-electron chi connectivity index (χ4n) is 3.16. The molecule has 1 aliphatic heterocycles. The van der Waals surface area contributed by atoms with Crippen molar-refractivity contribution in [3.63, 3.8) is 0 Å². The molecule has 6 heteroatoms. The number of carboxylic acid groups (broad SMARTS) is 1. The topological polar surface area (TPSA) is 70.1 Å². The van der Waals surface area contributed by atoms with Crippen molar-refractivity contribution in [1.82, 2.24) is 9.80 Å². The first kappa shape index (κ1) is 19.9. The van der Waals surface area contributed by atoms with Crippen LogP contribution in [0.2, 0.25) is 0 Å². The van der Waals surface area contributed by atoms with E-state index in [1.165, 1.54) is 12.5 Å². The van der Waals surface area contributed by atoms with Gasteiger partial charge in [-0.25, -0.2) is 4.79 Å². The minimum atomic E-state index is -0.994. The van der Waals surface area contributed by atoms with Gasteiger partial charge < -0.3 is 14.7 Å². The Hall–Kier alpha value is -2.86. The number of benzene rings is 2. The minimum Gasteiger partial charge on any atom is -0.479 e. The van der Waals surface area contributed by atoms with Crippen LogP contribution < -0.4 is 4.74 Å². The normalized spacial score (nSPS) is 16.1. The highest BCUT2D eigenvalue weighted by Crippen LogP contribution is 2.17. The maximum Gasteiger partial charge on any atom is 0.344 e. The van der Waals surface area contributed by atoms with Gasteiger partial charge in [-0.05, 0) is 37.1 Å². The second-order valence-corrected chi connectivity index (χ2v) is 7.25. The van der Waals surface area contributed by atoms with Gasteiger partial charge in [-0.2, -0.15) is 0 Å². The Kier molecular flexibility index (Phi) is 6.31. The molecule has 2 aromatic rings. The van der Waals surface area contributed by atoms with Gasteiger partial charge >= 0.3 is 5.97 Å². The van der Waals surface area contributed by atoms with E-state index in [2.05, 4.69) is 36.1 Å². The quantitative estimate of drug-likeness (QED) is 0.797. The van der Waals surface area contributed by atoms with E-state index in [0.29, 0.717) is 31.9 Å². The van der Waals surface area contributed by atoms with E-state index < -0.39 is 12.1 Å². The van der Waals surface area contributed by atoms with Gasteiger partial charge in [-0.15, -0.1) is 0 Å². The summed E-state index contributed by atoms with van der Waals surface area (Å²) in [6.07, 6.45) is -0.884. The Bertz CT molecular complexity index is 817. The summed E-state index contributed by atoms with van der Waals surface area (Å²) in [4.78, 5) is 27.4. The van der Waals surface area contributed by atoms with Gasteiger partial charge in [0.1, 0.15) is 5.75 Å². The average Bonchev–Trinajstić information content (AvgIpc) is 2.67. The molecule has 148 valence electrons. The first-order valence-corrected chi connectivity index (χ1v) is 9.45. The molecular weight excluding hydrogens is 356 g/mol. The first-order chi connectivity index (χ1) is 13.4. The summed E-state index contributed by atoms with van der Waals surface area (Å²) in [6.45, 7) is 6.83. The summed E-state index contributed by atoms with van der Waals surface area (Å²) in [5, 5.41) is 8.90. The third kappa shape index (κ3) is 5.33. The molecule has 28 heavy (non-hydrogen) atoms. The highest BCUT2D eigenvalue weighted by atomic mass is 16.5. The maximum absolute atomic E-state index is 12.5. The summed E-state index contributed by atoms with van der Waals surface area (Å²) in [5.41, 5.74) is 3.43. The molecule has 0 unspecified atom stereocenters. The van der Waals surface area contributed by atoms with E-state index in [0.717, 1.165) is 17.7 Å². The van der Waals surface area contributed by atoms with Crippen molar-refractivity contribution in [2.24, 2.45) is 0 Å². The predicted molar refractivity (Wildman–Crippen MR) is 106 cm³/mol. The number of carbonyl (C=O) groups excluding carboxylic acids is 1. The predicted octanol–water partition coefficient (Wildman–Crippen LogP) is 2.69. The zero-order valence-corrected chi connectivity index (χ0v) is 16.3. The number of carboxylic acids is 1. The lowest BCUT2D eigenvalue weighted by Crippen LogP contribution is -2.49. The molecule has 1 amide bonds. The van der Waals surface area contributed by atoms with Gasteiger partial charge in [0.15, 0.2) is 6.10 Å². The molecule has 0 saturated carbocycles. The molecule has 0 spiro atoms. The maximum atomic E-state index is 12.5. The molecule has 1 N–H and O–H groups in total. The van der Waals surface area contributed by atoms with Gasteiger partial charge in [0.25, 0.3) is 0 Å². The van der Waals surface area contributed by atoms with E-state index in [1.807, 2.05) is 17.0 Å². The Balaban J connectivity index is 1.51. The van der Waals surface area contributed by atoms with Crippen LogP contribution in [0.5, 0.6) is 5.75 Å². The van der Waals surface area contributed by atoms with E-state index in [9.17, 15) is 9.59 Å². The standard InChI is InChI=1S/C22H26N2O4/c1-16-3-5-19(6-4-16)14-24-12-11-23(15-21(24)25)13-18-7-9-20(10-8-18)28-17(2)22(26)27/h3-10,17H,11-15H2,1-2H3,(H,26,27)/t17-/m0/s1. The molecule has 1 atom stereocenters. The van der Waals surface area contributed by atoms with Crippen LogP contribution in [0.4, 0.5) is 0 Å². The molecule has 1 heterocycles. The van der Waals surface area contributed by atoms with Gasteiger partial charge in [-0.1, -0.05) is 42.0 Å². The van der Waals surface area contributed by atoms with Crippen LogP contribution in [-0.4, -0.2) is 52.5 Å². The number of carbonyl (C=O) groups is 2. The highest BCUT2D eigenvalue weighted by molar-refractivity contribution is 5.79. The van der Waals surface area contributed by atoms with Crippen LogP contribution in [0.25, 0.3) is 0 Å². The summed E-state index contributed by atoms with van der Waals surface area (Å²) in [6, 6.07) is 15.6. The van der Waals surface area contributed by atoms with Crippen LogP contribution in [-0.2, 0) is 22.7 Å². The third-order valence-corrected chi connectivity index (χ3v) is 4.88. The summed E-state index contributed by atoms with van der Waals surface area (Å²) in [7, 11) is 0. The van der Waals surface area contributed by atoms with Crippen LogP contribution >= 0.6 is 0 Å². The lowest BCUT2D eigenvalue weighted by molar-refractivity contribution is -0.144. The zero-order chi connectivity index (χ0) is 20.1. The van der Waals surface area contributed by atoms with Crippen molar-refractivity contribution >= 4 is 11.9 Å². The SMILES string of the molecule is Cc1ccc(CN2CCN(Cc3ccc(O[C@@H](C)C(=O)O)cc3)CC2=O)cc1. The average molecular weight is 382 g/mol. The summed E-state index contributed by atoms with van der Waals surface area (Å²) >= 11 is 0. The van der Waals surface area contributed by atoms with Gasteiger partial charge in [0.2, 0.25) is 5.91 Å². The van der Waals surface area contributed by atoms with Crippen LogP contribution in [0.3, 0.4) is 0 Å². The minimum absolute atomic E-state index is 0.141. The van der Waals surface area contributed by atoms with Gasteiger partial charge in [0.05, 0.1) is 6.54 Å². The van der Waals surface area contributed by atoms with Crippen LogP contribution in [0.1, 0.15) is 23.6 Å². The molecule has 0 aliphatic carbocycles. The Morgan fingerprint density at radius 3 is 2.25 bits per heavy atom. The molecule has 1 aliphatic rings. The number of hydrogen-bond donors (Lipinski definition) is 1. The van der Waals surface area contributed by atoms with Gasteiger partial charge in [-0.3, -0.25) is 9.69 Å². The lowest BCUT2D eigenvalue weighted by Gasteiger charge is -2.34. The van der Waals surface area contributed by atoms with E-state index in [1.54, 1.807) is 12.1 Å². The second-order valence-electron chi connectivity index (χ2n) is 7.25. The Morgan fingerprint density at radius 2 is 1.64 bits per heavy atom. The molecule has 3 rings (SSSR count). The van der Waals surface area contributed by atoms with E-state index >= 15 is 0 Å². The van der Waals surface area contributed by atoms with Crippen molar-refractivity contribution in [3.05, 3.63) is 65.2 Å². The Labute approximate surface area is 165 Å². The zero-order valence-electron chi connectivity index (χ0n) is 16.3. The third-order valence-electron chi connectivity index (χ3n) is 4.88. The number of amides is 1. The lowest BCUT2D eigenvalue weighted by atomic mass is 10.1. The van der Waals surface area contributed by atoms with Crippen molar-refractivity contribution in [3.8, 4) is 5.75 Å². The fourth-order valence-corrected chi connectivity index (χ4v) is 3.16. The first-order valence-electron chi connectivity index (χ1n) is 9.45. The number of aryl methyl sites for hydroxylation is 1.